The summed E-state index contributed by atoms with van der Waals surface area (Å²) in [5.74, 6) is 0.495. The zero-order valence-corrected chi connectivity index (χ0v) is 13.6. The Bertz CT molecular complexity index is 616. The zero-order valence-electron chi connectivity index (χ0n) is 11.9. The number of amides is 1. The van der Waals surface area contributed by atoms with Crippen molar-refractivity contribution in [3.63, 3.8) is 0 Å². The molecular formula is C13H20N2O3S2. The van der Waals surface area contributed by atoms with Crippen molar-refractivity contribution in [3.8, 4) is 0 Å². The Hall–Kier alpha value is -0.920. The first-order chi connectivity index (χ1) is 9.20. The van der Waals surface area contributed by atoms with Gasteiger partial charge in [0.05, 0.1) is 9.77 Å². The molecule has 0 saturated heterocycles. The summed E-state index contributed by atoms with van der Waals surface area (Å²) in [4.78, 5) is 15.4. The predicted molar refractivity (Wildman–Crippen MR) is 79.3 cm³/mol. The molecule has 0 radical (unpaired) electrons. The van der Waals surface area contributed by atoms with Crippen molar-refractivity contribution in [3.05, 3.63) is 15.8 Å². The minimum absolute atomic E-state index is 0.0565. The third-order valence-corrected chi connectivity index (χ3v) is 5.63. The summed E-state index contributed by atoms with van der Waals surface area (Å²) >= 11 is 1.19. The molecule has 1 aliphatic carbocycles. The molecule has 0 aromatic carbocycles. The average molecular weight is 316 g/mol. The van der Waals surface area contributed by atoms with Crippen molar-refractivity contribution in [2.75, 3.05) is 6.54 Å². The molecule has 1 fully saturated rings. The van der Waals surface area contributed by atoms with Crippen LogP contribution in [0.4, 0.5) is 0 Å². The van der Waals surface area contributed by atoms with Gasteiger partial charge in [0.25, 0.3) is 5.91 Å². The van der Waals surface area contributed by atoms with Crippen LogP contribution in [0.2, 0.25) is 0 Å². The molecule has 1 heterocycles. The first kappa shape index (κ1) is 15.5. The van der Waals surface area contributed by atoms with Gasteiger partial charge in [-0.3, -0.25) is 4.79 Å². The first-order valence-corrected chi connectivity index (χ1v) is 9.00. The van der Waals surface area contributed by atoms with Crippen LogP contribution in [0.3, 0.4) is 0 Å². The number of nitrogens with zero attached hydrogens (tertiary/aromatic N) is 1. The lowest BCUT2D eigenvalue weighted by atomic mass is 10.2. The quantitative estimate of drug-likeness (QED) is 0.901. The molecule has 20 heavy (non-hydrogen) atoms. The molecule has 0 spiro atoms. The van der Waals surface area contributed by atoms with Gasteiger partial charge in [-0.05, 0) is 45.6 Å². The molecule has 1 aromatic heterocycles. The van der Waals surface area contributed by atoms with E-state index in [1.807, 2.05) is 18.7 Å². The number of thiophene rings is 1. The van der Waals surface area contributed by atoms with Gasteiger partial charge in [0, 0.05) is 17.5 Å². The SMILES string of the molecule is Cc1sc(C(=O)N(CC2CC2)C(C)C)cc1S(N)(=O)=O. The van der Waals surface area contributed by atoms with Crippen LogP contribution in [0.25, 0.3) is 0 Å². The molecule has 0 bridgehead atoms. The summed E-state index contributed by atoms with van der Waals surface area (Å²) < 4.78 is 22.9. The highest BCUT2D eigenvalue weighted by atomic mass is 32.2. The van der Waals surface area contributed by atoms with Gasteiger partial charge in [-0.1, -0.05) is 0 Å². The minimum atomic E-state index is -3.76. The number of carbonyl (C=O) groups excluding carboxylic acids is 1. The van der Waals surface area contributed by atoms with Crippen LogP contribution in [0.1, 0.15) is 41.2 Å². The molecule has 112 valence electrons. The van der Waals surface area contributed by atoms with Gasteiger partial charge in [0.15, 0.2) is 0 Å². The summed E-state index contributed by atoms with van der Waals surface area (Å²) in [7, 11) is -3.76. The van der Waals surface area contributed by atoms with Crippen LogP contribution in [-0.4, -0.2) is 31.8 Å². The molecule has 5 nitrogen and oxygen atoms in total. The summed E-state index contributed by atoms with van der Waals surface area (Å²) in [5, 5.41) is 5.15. The van der Waals surface area contributed by atoms with E-state index in [1.165, 1.54) is 30.2 Å². The number of carbonyl (C=O) groups is 1. The number of rotatable bonds is 5. The lowest BCUT2D eigenvalue weighted by molar-refractivity contribution is 0.0701. The van der Waals surface area contributed by atoms with Crippen LogP contribution in [0, 0.1) is 12.8 Å². The second kappa shape index (κ2) is 5.46. The van der Waals surface area contributed by atoms with Crippen molar-refractivity contribution < 1.29 is 13.2 Å². The van der Waals surface area contributed by atoms with Gasteiger partial charge in [0.2, 0.25) is 10.0 Å². The summed E-state index contributed by atoms with van der Waals surface area (Å²) in [6.07, 6.45) is 2.34. The van der Waals surface area contributed by atoms with E-state index in [9.17, 15) is 13.2 Å². The molecule has 0 aliphatic heterocycles. The van der Waals surface area contributed by atoms with Gasteiger partial charge >= 0.3 is 0 Å². The standard InChI is InChI=1S/C13H20N2O3S2/c1-8(2)15(7-10-4-5-10)13(16)11-6-12(9(3)19-11)20(14,17)18/h6,8,10H,4-5,7H2,1-3H3,(H2,14,17,18). The molecule has 0 atom stereocenters. The highest BCUT2D eigenvalue weighted by molar-refractivity contribution is 7.89. The third-order valence-electron chi connectivity index (χ3n) is 3.43. The summed E-state index contributed by atoms with van der Waals surface area (Å²) in [6.45, 7) is 6.36. The van der Waals surface area contributed by atoms with Gasteiger partial charge in [0.1, 0.15) is 0 Å². The Balaban J connectivity index is 2.27. The van der Waals surface area contributed by atoms with Crippen molar-refractivity contribution in [2.45, 2.75) is 44.6 Å². The van der Waals surface area contributed by atoms with E-state index in [1.54, 1.807) is 6.92 Å². The van der Waals surface area contributed by atoms with Crippen LogP contribution >= 0.6 is 11.3 Å². The Morgan fingerprint density at radius 1 is 1.50 bits per heavy atom. The molecule has 0 unspecified atom stereocenters. The smallest absolute Gasteiger partial charge is 0.264 e. The zero-order chi connectivity index (χ0) is 15.1. The topological polar surface area (TPSA) is 80.5 Å². The van der Waals surface area contributed by atoms with Crippen LogP contribution < -0.4 is 5.14 Å². The molecule has 1 saturated carbocycles. The number of primary sulfonamides is 1. The number of hydrogen-bond donors (Lipinski definition) is 1. The van der Waals surface area contributed by atoms with Crippen molar-refractivity contribution in [1.82, 2.24) is 4.90 Å². The first-order valence-electron chi connectivity index (χ1n) is 6.64. The van der Waals surface area contributed by atoms with E-state index >= 15 is 0 Å². The van der Waals surface area contributed by atoms with Gasteiger partial charge in [-0.15, -0.1) is 11.3 Å². The van der Waals surface area contributed by atoms with Gasteiger partial charge < -0.3 is 4.90 Å². The van der Waals surface area contributed by atoms with Crippen molar-refractivity contribution in [2.24, 2.45) is 11.1 Å². The minimum Gasteiger partial charge on any atom is -0.335 e. The largest absolute Gasteiger partial charge is 0.335 e. The molecule has 7 heteroatoms. The molecular weight excluding hydrogens is 296 g/mol. The lowest BCUT2D eigenvalue weighted by Gasteiger charge is -2.26. The van der Waals surface area contributed by atoms with Gasteiger partial charge in [-0.2, -0.15) is 0 Å². The Morgan fingerprint density at radius 3 is 2.50 bits per heavy atom. The monoisotopic (exact) mass is 316 g/mol. The summed E-state index contributed by atoms with van der Waals surface area (Å²) in [5.41, 5.74) is 0. The van der Waals surface area contributed by atoms with E-state index < -0.39 is 10.0 Å². The molecule has 2 N–H and O–H groups in total. The van der Waals surface area contributed by atoms with E-state index in [0.717, 1.165) is 6.54 Å². The van der Waals surface area contributed by atoms with E-state index in [4.69, 9.17) is 5.14 Å². The normalized spacial score (nSPS) is 15.7. The average Bonchev–Trinajstić information content (AvgIpc) is 3.04. The second-order valence-electron chi connectivity index (χ2n) is 5.57. The second-order valence-corrected chi connectivity index (χ2v) is 8.36. The molecule has 1 aliphatic rings. The van der Waals surface area contributed by atoms with Crippen molar-refractivity contribution in [1.29, 1.82) is 0 Å². The molecule has 1 amide bonds. The molecule has 2 rings (SSSR count). The Labute approximate surface area is 123 Å². The van der Waals surface area contributed by atoms with Crippen LogP contribution in [0.15, 0.2) is 11.0 Å². The third kappa shape index (κ3) is 3.39. The van der Waals surface area contributed by atoms with Crippen LogP contribution in [0.5, 0.6) is 0 Å². The highest BCUT2D eigenvalue weighted by Gasteiger charge is 2.30. The van der Waals surface area contributed by atoms with Gasteiger partial charge in [-0.25, -0.2) is 13.6 Å². The predicted octanol–water partition coefficient (Wildman–Crippen LogP) is 1.96. The van der Waals surface area contributed by atoms with Crippen LogP contribution in [-0.2, 0) is 10.0 Å². The molecule has 1 aromatic rings. The number of hydrogen-bond acceptors (Lipinski definition) is 4. The van der Waals surface area contributed by atoms with Crippen molar-refractivity contribution >= 4 is 27.3 Å². The fourth-order valence-corrected chi connectivity index (χ4v) is 4.20. The van der Waals surface area contributed by atoms with E-state index in [0.29, 0.717) is 15.7 Å². The Kier molecular flexibility index (Phi) is 4.22. The number of sulfonamides is 1. The maximum Gasteiger partial charge on any atom is 0.264 e. The van der Waals surface area contributed by atoms with E-state index in [-0.39, 0.29) is 16.8 Å². The summed E-state index contributed by atoms with van der Waals surface area (Å²) in [6, 6.07) is 1.50. The fraction of sp³-hybridized carbons (Fsp3) is 0.615. The number of nitrogens with two attached hydrogens (primary N) is 1. The lowest BCUT2D eigenvalue weighted by Crippen LogP contribution is -2.38. The maximum atomic E-state index is 12.5. The van der Waals surface area contributed by atoms with E-state index in [2.05, 4.69) is 0 Å². The maximum absolute atomic E-state index is 12.5. The number of aryl methyl sites for hydroxylation is 1. The fourth-order valence-electron chi connectivity index (χ4n) is 2.10. The highest BCUT2D eigenvalue weighted by Crippen LogP contribution is 2.32. The Morgan fingerprint density at radius 2 is 2.10 bits per heavy atom.